The van der Waals surface area contributed by atoms with E-state index < -0.39 is 0 Å². The van der Waals surface area contributed by atoms with Gasteiger partial charge in [0, 0.05) is 11.9 Å². The molecule has 0 aliphatic carbocycles. The molecule has 2 aromatic rings. The number of nitrogens with one attached hydrogen (secondary N) is 1. The number of nitrogens with zero attached hydrogens (tertiary/aromatic N) is 2. The van der Waals surface area contributed by atoms with Crippen molar-refractivity contribution in [1.82, 2.24) is 15.1 Å². The van der Waals surface area contributed by atoms with Crippen LogP contribution >= 0.6 is 0 Å². The van der Waals surface area contributed by atoms with Gasteiger partial charge in [0.2, 0.25) is 0 Å². The van der Waals surface area contributed by atoms with Gasteiger partial charge in [0.05, 0.1) is 12.6 Å². The highest BCUT2D eigenvalue weighted by molar-refractivity contribution is 5.30. The average molecular weight is 257 g/mol. The first-order chi connectivity index (χ1) is 9.10. The maximum Gasteiger partial charge on any atom is 0.0607 e. The first-order valence-corrected chi connectivity index (χ1v) is 6.90. The highest BCUT2D eigenvalue weighted by Crippen LogP contribution is 2.19. The molecule has 1 aromatic heterocycles. The molecule has 1 aromatic carbocycles. The van der Waals surface area contributed by atoms with Gasteiger partial charge in [0.25, 0.3) is 0 Å². The minimum absolute atomic E-state index is 0.308. The smallest absolute Gasteiger partial charge is 0.0607 e. The summed E-state index contributed by atoms with van der Waals surface area (Å²) in [5, 5.41) is 7.94. The van der Waals surface area contributed by atoms with E-state index in [4.69, 9.17) is 0 Å². The van der Waals surface area contributed by atoms with Crippen LogP contribution < -0.4 is 5.32 Å². The maximum atomic E-state index is 4.38. The van der Waals surface area contributed by atoms with E-state index in [1.807, 2.05) is 12.3 Å². The summed E-state index contributed by atoms with van der Waals surface area (Å²) in [6.45, 7) is 10.4. The Hall–Kier alpha value is -1.61. The lowest BCUT2D eigenvalue weighted by atomic mass is 10.0. The van der Waals surface area contributed by atoms with Crippen molar-refractivity contribution in [3.05, 3.63) is 52.8 Å². The van der Waals surface area contributed by atoms with Crippen molar-refractivity contribution in [2.24, 2.45) is 0 Å². The second kappa shape index (κ2) is 6.02. The summed E-state index contributed by atoms with van der Waals surface area (Å²) in [7, 11) is 0. The first-order valence-electron chi connectivity index (χ1n) is 6.90. The van der Waals surface area contributed by atoms with E-state index in [2.05, 4.69) is 61.0 Å². The number of hydrogen-bond donors (Lipinski definition) is 1. The van der Waals surface area contributed by atoms with Gasteiger partial charge in [-0.15, -0.1) is 0 Å². The Kier molecular flexibility index (Phi) is 4.38. The minimum atomic E-state index is 0.308. The molecule has 3 heteroatoms. The zero-order valence-electron chi connectivity index (χ0n) is 12.3. The molecule has 0 saturated heterocycles. The SMILES string of the molecule is CCNC(Cn1nccc1C)c1cc(C)cc(C)c1. The summed E-state index contributed by atoms with van der Waals surface area (Å²) >= 11 is 0. The Morgan fingerprint density at radius 3 is 2.37 bits per heavy atom. The average Bonchev–Trinajstić information content (AvgIpc) is 2.73. The number of likely N-dealkylation sites (N-methyl/N-ethyl adjacent to an activating group) is 1. The Bertz CT molecular complexity index is 522. The summed E-state index contributed by atoms with van der Waals surface area (Å²) in [5.41, 5.74) is 5.17. The molecule has 0 radical (unpaired) electrons. The zero-order valence-corrected chi connectivity index (χ0v) is 12.3. The third-order valence-electron chi connectivity index (χ3n) is 3.38. The Labute approximate surface area is 115 Å². The van der Waals surface area contributed by atoms with Crippen LogP contribution in [0.5, 0.6) is 0 Å². The van der Waals surface area contributed by atoms with Crippen molar-refractivity contribution in [3.63, 3.8) is 0 Å². The van der Waals surface area contributed by atoms with Crippen molar-refractivity contribution in [3.8, 4) is 0 Å². The topological polar surface area (TPSA) is 29.9 Å². The predicted octanol–water partition coefficient (Wildman–Crippen LogP) is 3.16. The number of hydrogen-bond acceptors (Lipinski definition) is 2. The molecule has 0 saturated carbocycles. The van der Waals surface area contributed by atoms with Crippen LogP contribution in [0.2, 0.25) is 0 Å². The molecule has 2 rings (SSSR count). The third-order valence-corrected chi connectivity index (χ3v) is 3.38. The van der Waals surface area contributed by atoms with Crippen LogP contribution in [-0.2, 0) is 6.54 Å². The van der Waals surface area contributed by atoms with Gasteiger partial charge >= 0.3 is 0 Å². The molecule has 3 nitrogen and oxygen atoms in total. The van der Waals surface area contributed by atoms with E-state index >= 15 is 0 Å². The standard InChI is InChI=1S/C16H23N3/c1-5-17-16(11-19-14(4)6-7-18-19)15-9-12(2)8-13(3)10-15/h6-10,16-17H,5,11H2,1-4H3. The molecule has 0 amide bonds. The van der Waals surface area contributed by atoms with Crippen molar-refractivity contribution in [2.45, 2.75) is 40.3 Å². The van der Waals surface area contributed by atoms with Crippen LogP contribution in [0.15, 0.2) is 30.5 Å². The normalized spacial score (nSPS) is 12.6. The molecule has 1 unspecified atom stereocenters. The fourth-order valence-corrected chi connectivity index (χ4v) is 2.51. The summed E-state index contributed by atoms with van der Waals surface area (Å²) in [6.07, 6.45) is 1.86. The molecule has 1 atom stereocenters. The summed E-state index contributed by atoms with van der Waals surface area (Å²) in [5.74, 6) is 0. The van der Waals surface area contributed by atoms with E-state index in [0.717, 1.165) is 13.1 Å². The Balaban J connectivity index is 2.26. The highest BCUT2D eigenvalue weighted by Gasteiger charge is 2.13. The minimum Gasteiger partial charge on any atom is -0.309 e. The number of aryl methyl sites for hydroxylation is 3. The maximum absolute atomic E-state index is 4.38. The van der Waals surface area contributed by atoms with Gasteiger partial charge in [-0.1, -0.05) is 36.2 Å². The van der Waals surface area contributed by atoms with Gasteiger partial charge in [-0.25, -0.2) is 0 Å². The molecular weight excluding hydrogens is 234 g/mol. The van der Waals surface area contributed by atoms with Gasteiger partial charge in [0.1, 0.15) is 0 Å². The lowest BCUT2D eigenvalue weighted by molar-refractivity contribution is 0.442. The van der Waals surface area contributed by atoms with Gasteiger partial charge < -0.3 is 5.32 Å². The fraction of sp³-hybridized carbons (Fsp3) is 0.438. The van der Waals surface area contributed by atoms with Crippen molar-refractivity contribution in [2.75, 3.05) is 6.54 Å². The molecule has 19 heavy (non-hydrogen) atoms. The Morgan fingerprint density at radius 2 is 1.84 bits per heavy atom. The lowest BCUT2D eigenvalue weighted by Gasteiger charge is -2.20. The summed E-state index contributed by atoms with van der Waals surface area (Å²) in [6, 6.07) is 9.09. The van der Waals surface area contributed by atoms with Gasteiger partial charge in [-0.2, -0.15) is 5.10 Å². The number of rotatable bonds is 5. The van der Waals surface area contributed by atoms with Gasteiger partial charge in [-0.3, -0.25) is 4.68 Å². The molecule has 1 N–H and O–H groups in total. The third kappa shape index (κ3) is 3.44. The summed E-state index contributed by atoms with van der Waals surface area (Å²) < 4.78 is 2.06. The van der Waals surface area contributed by atoms with Crippen molar-refractivity contribution in [1.29, 1.82) is 0 Å². The van der Waals surface area contributed by atoms with E-state index in [1.54, 1.807) is 0 Å². The monoisotopic (exact) mass is 257 g/mol. The van der Waals surface area contributed by atoms with Crippen molar-refractivity contribution < 1.29 is 0 Å². The van der Waals surface area contributed by atoms with E-state index in [-0.39, 0.29) is 0 Å². The fourth-order valence-electron chi connectivity index (χ4n) is 2.51. The van der Waals surface area contributed by atoms with Crippen molar-refractivity contribution >= 4 is 0 Å². The molecule has 1 heterocycles. The lowest BCUT2D eigenvalue weighted by Crippen LogP contribution is -2.26. The van der Waals surface area contributed by atoms with Gasteiger partial charge in [-0.05, 0) is 38.9 Å². The predicted molar refractivity (Wildman–Crippen MR) is 79.3 cm³/mol. The number of aromatic nitrogens is 2. The van der Waals surface area contributed by atoms with E-state index in [0.29, 0.717) is 6.04 Å². The zero-order chi connectivity index (χ0) is 13.8. The Morgan fingerprint density at radius 1 is 1.16 bits per heavy atom. The quantitative estimate of drug-likeness (QED) is 0.891. The van der Waals surface area contributed by atoms with Crippen LogP contribution in [0.4, 0.5) is 0 Å². The molecule has 0 aliphatic rings. The van der Waals surface area contributed by atoms with Gasteiger partial charge in [0.15, 0.2) is 0 Å². The van der Waals surface area contributed by atoms with Crippen LogP contribution in [0.25, 0.3) is 0 Å². The number of benzene rings is 1. The van der Waals surface area contributed by atoms with Crippen LogP contribution in [0.3, 0.4) is 0 Å². The molecule has 0 bridgehead atoms. The van der Waals surface area contributed by atoms with Crippen LogP contribution in [0, 0.1) is 20.8 Å². The van der Waals surface area contributed by atoms with Crippen LogP contribution in [0.1, 0.15) is 35.3 Å². The molecule has 0 aliphatic heterocycles. The molecule has 0 fully saturated rings. The first kappa shape index (κ1) is 13.8. The second-order valence-corrected chi connectivity index (χ2v) is 5.19. The molecular formula is C16H23N3. The summed E-state index contributed by atoms with van der Waals surface area (Å²) in [4.78, 5) is 0. The largest absolute Gasteiger partial charge is 0.309 e. The van der Waals surface area contributed by atoms with Crippen LogP contribution in [-0.4, -0.2) is 16.3 Å². The molecule has 102 valence electrons. The van der Waals surface area contributed by atoms with E-state index in [9.17, 15) is 0 Å². The molecule has 0 spiro atoms. The van der Waals surface area contributed by atoms with E-state index in [1.165, 1.54) is 22.4 Å². The second-order valence-electron chi connectivity index (χ2n) is 5.19. The highest BCUT2D eigenvalue weighted by atomic mass is 15.3.